The van der Waals surface area contributed by atoms with Crippen LogP contribution in [0.1, 0.15) is 6.42 Å². The number of carbonyl (C=O) groups excluding carboxylic acids is 2. The second-order valence-electron chi connectivity index (χ2n) is 0.569. The van der Waals surface area contributed by atoms with E-state index in [1.807, 2.05) is 0 Å². The molecule has 0 aliphatic carbocycles. The molecule has 0 N–H and O–H groups in total. The SMILES string of the molecule is O=CCC=O.[BaH2]. The Hall–Kier alpha value is 0.911. The number of carbonyl (C=O) groups is 2. The molecule has 0 aliphatic heterocycles. The Morgan fingerprint density at radius 1 is 1.17 bits per heavy atom. The summed E-state index contributed by atoms with van der Waals surface area (Å²) in [5.41, 5.74) is 0. The van der Waals surface area contributed by atoms with Crippen LogP contribution in [0.15, 0.2) is 0 Å². The molecule has 3 heteroatoms. The molecule has 0 heterocycles. The molecule has 0 spiro atoms. The van der Waals surface area contributed by atoms with Gasteiger partial charge in [0.05, 0.1) is 6.42 Å². The summed E-state index contributed by atoms with van der Waals surface area (Å²) in [5.74, 6) is 0. The van der Waals surface area contributed by atoms with Gasteiger partial charge in [0.15, 0.2) is 0 Å². The van der Waals surface area contributed by atoms with Crippen LogP contribution in [0.5, 0.6) is 0 Å². The van der Waals surface area contributed by atoms with E-state index in [9.17, 15) is 9.59 Å². The van der Waals surface area contributed by atoms with Gasteiger partial charge in [0.1, 0.15) is 12.6 Å². The minimum absolute atomic E-state index is 0. The molecule has 0 fully saturated rings. The zero-order valence-electron chi connectivity index (χ0n) is 2.68. The fourth-order valence-electron chi connectivity index (χ4n) is 0.0393. The second-order valence-corrected chi connectivity index (χ2v) is 0.569. The Balaban J connectivity index is 0. The van der Waals surface area contributed by atoms with Crippen molar-refractivity contribution in [1.29, 1.82) is 0 Å². The Morgan fingerprint density at radius 3 is 1.50 bits per heavy atom. The van der Waals surface area contributed by atoms with E-state index < -0.39 is 0 Å². The van der Waals surface area contributed by atoms with E-state index in [1.54, 1.807) is 0 Å². The average molecular weight is 211 g/mol. The monoisotopic (exact) mass is 212 g/mol. The van der Waals surface area contributed by atoms with Crippen LogP contribution in [-0.4, -0.2) is 61.5 Å². The van der Waals surface area contributed by atoms with Gasteiger partial charge in [-0.1, -0.05) is 0 Å². The fourth-order valence-corrected chi connectivity index (χ4v) is 0.0393. The fraction of sp³-hybridized carbons (Fsp3) is 0.333. The molecule has 0 saturated heterocycles. The molecule has 0 unspecified atom stereocenters. The van der Waals surface area contributed by atoms with Gasteiger partial charge in [0.2, 0.25) is 0 Å². The van der Waals surface area contributed by atoms with Gasteiger partial charge in [-0.2, -0.15) is 0 Å². The zero-order valence-corrected chi connectivity index (χ0v) is 2.68. The van der Waals surface area contributed by atoms with Gasteiger partial charge in [0.25, 0.3) is 0 Å². The van der Waals surface area contributed by atoms with Crippen molar-refractivity contribution in [3.05, 3.63) is 0 Å². The van der Waals surface area contributed by atoms with E-state index in [0.29, 0.717) is 12.6 Å². The van der Waals surface area contributed by atoms with Gasteiger partial charge in [-0.3, -0.25) is 0 Å². The first-order valence-corrected chi connectivity index (χ1v) is 1.29. The van der Waals surface area contributed by atoms with Crippen molar-refractivity contribution in [2.45, 2.75) is 6.42 Å². The van der Waals surface area contributed by atoms with Gasteiger partial charge >= 0.3 is 48.9 Å². The van der Waals surface area contributed by atoms with Crippen molar-refractivity contribution in [2.75, 3.05) is 0 Å². The van der Waals surface area contributed by atoms with Gasteiger partial charge in [-0.05, 0) is 0 Å². The summed E-state index contributed by atoms with van der Waals surface area (Å²) in [6.07, 6.45) is 1.15. The van der Waals surface area contributed by atoms with E-state index in [2.05, 4.69) is 0 Å². The molecule has 0 bridgehead atoms. The predicted molar refractivity (Wildman–Crippen MR) is 25.3 cm³/mol. The summed E-state index contributed by atoms with van der Waals surface area (Å²) in [5, 5.41) is 0. The summed E-state index contributed by atoms with van der Waals surface area (Å²) in [7, 11) is 0. The van der Waals surface area contributed by atoms with Crippen molar-refractivity contribution >= 4 is 61.5 Å². The molecular weight excluding hydrogens is 205 g/mol. The molecule has 32 valence electrons. The molecule has 6 heavy (non-hydrogen) atoms. The van der Waals surface area contributed by atoms with Gasteiger partial charge in [0, 0.05) is 0 Å². The van der Waals surface area contributed by atoms with Gasteiger partial charge < -0.3 is 9.59 Å². The maximum absolute atomic E-state index is 9.17. The zero-order chi connectivity index (χ0) is 4.12. The van der Waals surface area contributed by atoms with Crippen LogP contribution in [0.4, 0.5) is 0 Å². The van der Waals surface area contributed by atoms with Gasteiger partial charge in [-0.25, -0.2) is 0 Å². The van der Waals surface area contributed by atoms with Crippen molar-refractivity contribution in [3.8, 4) is 0 Å². The molecule has 0 aromatic heterocycles. The summed E-state index contributed by atoms with van der Waals surface area (Å²) in [4.78, 5) is 18.3. The van der Waals surface area contributed by atoms with Crippen LogP contribution in [0.25, 0.3) is 0 Å². The molecular formula is C3H6BaO2. The first-order valence-electron chi connectivity index (χ1n) is 1.29. The van der Waals surface area contributed by atoms with Crippen molar-refractivity contribution in [1.82, 2.24) is 0 Å². The molecule has 0 radical (unpaired) electrons. The number of hydrogen-bond donors (Lipinski definition) is 0. The Kier molecular flexibility index (Phi) is 15.6. The Bertz CT molecular complexity index is 38.1. The van der Waals surface area contributed by atoms with Crippen molar-refractivity contribution < 1.29 is 9.59 Å². The molecule has 0 atom stereocenters. The molecule has 0 aliphatic rings. The van der Waals surface area contributed by atoms with Crippen molar-refractivity contribution in [2.24, 2.45) is 0 Å². The number of rotatable bonds is 2. The minimum atomic E-state index is 0. The molecule has 0 saturated carbocycles. The third kappa shape index (κ3) is 8.86. The molecule has 2 nitrogen and oxygen atoms in total. The van der Waals surface area contributed by atoms with Crippen LogP contribution in [0.2, 0.25) is 0 Å². The standard InChI is InChI=1S/C3H4O2.Ba.2H/c4-2-1-3-5;;;/h2-3H,1H2;;;. The normalized spacial score (nSPS) is 5.33. The summed E-state index contributed by atoms with van der Waals surface area (Å²) in [6.45, 7) is 0. The molecule has 0 rings (SSSR count). The van der Waals surface area contributed by atoms with Crippen LogP contribution < -0.4 is 0 Å². The third-order valence-corrected chi connectivity index (χ3v) is 0.192. The number of hydrogen-bond acceptors (Lipinski definition) is 2. The van der Waals surface area contributed by atoms with Gasteiger partial charge in [-0.15, -0.1) is 0 Å². The Labute approximate surface area is 76.4 Å². The summed E-state index contributed by atoms with van der Waals surface area (Å²) >= 11 is 0. The van der Waals surface area contributed by atoms with E-state index in [-0.39, 0.29) is 55.3 Å². The third-order valence-electron chi connectivity index (χ3n) is 0.192. The first-order chi connectivity index (χ1) is 2.41. The van der Waals surface area contributed by atoms with E-state index >= 15 is 0 Å². The van der Waals surface area contributed by atoms with Crippen LogP contribution in [-0.2, 0) is 9.59 Å². The van der Waals surface area contributed by atoms with E-state index in [0.717, 1.165) is 0 Å². The van der Waals surface area contributed by atoms with Crippen LogP contribution in [0, 0.1) is 0 Å². The topological polar surface area (TPSA) is 34.1 Å². The first kappa shape index (κ1) is 10.0. The Morgan fingerprint density at radius 2 is 1.50 bits per heavy atom. The predicted octanol–water partition coefficient (Wildman–Crippen LogP) is -1.14. The van der Waals surface area contributed by atoms with E-state index in [4.69, 9.17) is 0 Å². The van der Waals surface area contributed by atoms with Crippen LogP contribution in [0.3, 0.4) is 0 Å². The number of aldehydes is 2. The van der Waals surface area contributed by atoms with Crippen molar-refractivity contribution in [3.63, 3.8) is 0 Å². The average Bonchev–Trinajstić information content (AvgIpc) is 1.41. The maximum atomic E-state index is 9.17. The second kappa shape index (κ2) is 9.32. The molecule has 0 aromatic rings. The molecule has 0 amide bonds. The molecule has 0 aromatic carbocycles. The summed E-state index contributed by atoms with van der Waals surface area (Å²) < 4.78 is 0. The van der Waals surface area contributed by atoms with E-state index in [1.165, 1.54) is 0 Å². The van der Waals surface area contributed by atoms with Crippen LogP contribution >= 0.6 is 0 Å². The quantitative estimate of drug-likeness (QED) is 0.329. The summed E-state index contributed by atoms with van der Waals surface area (Å²) in [6, 6.07) is 0.